The maximum atomic E-state index is 4.80. The molecule has 2 heterocycles. The lowest BCUT2D eigenvalue weighted by molar-refractivity contribution is 0.559. The highest BCUT2D eigenvalue weighted by molar-refractivity contribution is 7.09. The van der Waals surface area contributed by atoms with Gasteiger partial charge >= 0.3 is 0 Å². The van der Waals surface area contributed by atoms with Crippen molar-refractivity contribution in [3.8, 4) is 0 Å². The van der Waals surface area contributed by atoms with Gasteiger partial charge in [0, 0.05) is 34.6 Å². The highest BCUT2D eigenvalue weighted by Gasteiger charge is 2.19. The summed E-state index contributed by atoms with van der Waals surface area (Å²) in [5, 5.41) is 6.78. The van der Waals surface area contributed by atoms with Crippen molar-refractivity contribution < 1.29 is 0 Å². The molecule has 21 heavy (non-hydrogen) atoms. The second-order valence-electron chi connectivity index (χ2n) is 6.61. The SMILES string of the molecule is CNC(Cc1nc(C(C)(C)C)cs1)c1cc(C)nc(C)c1. The number of aryl methyl sites for hydroxylation is 2. The zero-order valence-electron chi connectivity index (χ0n) is 13.8. The molecule has 1 unspecified atom stereocenters. The number of thiazole rings is 1. The maximum absolute atomic E-state index is 4.80. The van der Waals surface area contributed by atoms with E-state index in [4.69, 9.17) is 4.98 Å². The van der Waals surface area contributed by atoms with E-state index in [1.54, 1.807) is 11.3 Å². The normalized spacial score (nSPS) is 13.4. The highest BCUT2D eigenvalue weighted by Crippen LogP contribution is 2.27. The van der Waals surface area contributed by atoms with Crippen LogP contribution in [0.3, 0.4) is 0 Å². The fourth-order valence-electron chi connectivity index (χ4n) is 2.38. The minimum atomic E-state index is 0.119. The molecular formula is C17H25N3S. The number of rotatable bonds is 4. The molecule has 4 heteroatoms. The Kier molecular flexibility index (Phi) is 4.79. The summed E-state index contributed by atoms with van der Waals surface area (Å²) >= 11 is 1.76. The summed E-state index contributed by atoms with van der Waals surface area (Å²) in [4.78, 5) is 9.26. The van der Waals surface area contributed by atoms with Crippen LogP contribution in [-0.4, -0.2) is 17.0 Å². The van der Waals surface area contributed by atoms with Gasteiger partial charge in [0.1, 0.15) is 0 Å². The van der Waals surface area contributed by atoms with E-state index in [-0.39, 0.29) is 11.5 Å². The second-order valence-corrected chi connectivity index (χ2v) is 7.55. The van der Waals surface area contributed by atoms with E-state index >= 15 is 0 Å². The van der Waals surface area contributed by atoms with E-state index < -0.39 is 0 Å². The quantitative estimate of drug-likeness (QED) is 0.929. The Morgan fingerprint density at radius 1 is 1.14 bits per heavy atom. The first-order chi connectivity index (χ1) is 9.79. The molecule has 0 aliphatic rings. The van der Waals surface area contributed by atoms with Gasteiger partial charge in [-0.2, -0.15) is 0 Å². The summed E-state index contributed by atoms with van der Waals surface area (Å²) in [6.07, 6.45) is 0.917. The molecule has 0 aromatic carbocycles. The molecule has 0 aliphatic carbocycles. The third-order valence-corrected chi connectivity index (χ3v) is 4.42. The van der Waals surface area contributed by atoms with Crippen LogP contribution in [0.5, 0.6) is 0 Å². The average Bonchev–Trinajstić information content (AvgIpc) is 2.83. The Morgan fingerprint density at radius 3 is 2.24 bits per heavy atom. The highest BCUT2D eigenvalue weighted by atomic mass is 32.1. The Balaban J connectivity index is 2.21. The molecule has 0 saturated heterocycles. The number of hydrogen-bond donors (Lipinski definition) is 1. The minimum Gasteiger partial charge on any atom is -0.313 e. The van der Waals surface area contributed by atoms with E-state index in [9.17, 15) is 0 Å². The van der Waals surface area contributed by atoms with Crippen molar-refractivity contribution in [3.05, 3.63) is 45.2 Å². The van der Waals surface area contributed by atoms with Crippen molar-refractivity contribution in [1.29, 1.82) is 0 Å². The largest absolute Gasteiger partial charge is 0.313 e. The molecule has 0 radical (unpaired) electrons. The number of likely N-dealkylation sites (N-methyl/N-ethyl adjacent to an activating group) is 1. The molecule has 1 atom stereocenters. The van der Waals surface area contributed by atoms with Gasteiger partial charge in [0.25, 0.3) is 0 Å². The summed E-state index contributed by atoms with van der Waals surface area (Å²) in [6, 6.07) is 4.60. The number of nitrogens with one attached hydrogen (secondary N) is 1. The summed E-state index contributed by atoms with van der Waals surface area (Å²) in [5.74, 6) is 0. The van der Waals surface area contributed by atoms with E-state index in [1.165, 1.54) is 16.3 Å². The minimum absolute atomic E-state index is 0.119. The molecule has 2 rings (SSSR count). The smallest absolute Gasteiger partial charge is 0.0947 e. The van der Waals surface area contributed by atoms with Crippen molar-refractivity contribution in [1.82, 2.24) is 15.3 Å². The lowest BCUT2D eigenvalue weighted by Crippen LogP contribution is -2.19. The summed E-state index contributed by atoms with van der Waals surface area (Å²) < 4.78 is 0. The molecular weight excluding hydrogens is 278 g/mol. The molecule has 0 bridgehead atoms. The van der Waals surface area contributed by atoms with E-state index in [1.807, 2.05) is 20.9 Å². The fourth-order valence-corrected chi connectivity index (χ4v) is 3.45. The molecule has 0 amide bonds. The van der Waals surface area contributed by atoms with Crippen LogP contribution >= 0.6 is 11.3 Å². The van der Waals surface area contributed by atoms with Gasteiger partial charge in [-0.25, -0.2) is 4.98 Å². The Bertz CT molecular complexity index is 590. The van der Waals surface area contributed by atoms with E-state index in [2.05, 4.69) is 48.6 Å². The van der Waals surface area contributed by atoms with Crippen LogP contribution in [0.25, 0.3) is 0 Å². The molecule has 0 spiro atoms. The van der Waals surface area contributed by atoms with Gasteiger partial charge in [-0.1, -0.05) is 20.8 Å². The molecule has 3 nitrogen and oxygen atoms in total. The topological polar surface area (TPSA) is 37.8 Å². The van der Waals surface area contributed by atoms with Crippen LogP contribution in [0.2, 0.25) is 0 Å². The maximum Gasteiger partial charge on any atom is 0.0947 e. The second kappa shape index (κ2) is 6.24. The Labute approximate surface area is 131 Å². The van der Waals surface area contributed by atoms with E-state index in [0.29, 0.717) is 0 Å². The molecule has 0 aliphatic heterocycles. The fraction of sp³-hybridized carbons (Fsp3) is 0.529. The number of nitrogens with zero attached hydrogens (tertiary/aromatic N) is 2. The van der Waals surface area contributed by atoms with Gasteiger partial charge in [0.2, 0.25) is 0 Å². The van der Waals surface area contributed by atoms with Crippen LogP contribution in [0.1, 0.15) is 54.5 Å². The predicted molar refractivity (Wildman–Crippen MR) is 90.0 cm³/mol. The average molecular weight is 303 g/mol. The van der Waals surface area contributed by atoms with Gasteiger partial charge in [0.05, 0.1) is 10.7 Å². The molecule has 1 N–H and O–H groups in total. The van der Waals surface area contributed by atoms with Crippen molar-refractivity contribution in [2.45, 2.75) is 52.5 Å². The summed E-state index contributed by atoms with van der Waals surface area (Å²) in [6.45, 7) is 10.7. The van der Waals surface area contributed by atoms with Crippen LogP contribution in [-0.2, 0) is 11.8 Å². The molecule has 114 valence electrons. The third-order valence-electron chi connectivity index (χ3n) is 3.55. The van der Waals surface area contributed by atoms with Gasteiger partial charge in [-0.15, -0.1) is 11.3 Å². The molecule has 2 aromatic heterocycles. The lowest BCUT2D eigenvalue weighted by Gasteiger charge is -2.17. The number of hydrogen-bond acceptors (Lipinski definition) is 4. The van der Waals surface area contributed by atoms with Crippen LogP contribution in [0.15, 0.2) is 17.5 Å². The Morgan fingerprint density at radius 2 is 1.76 bits per heavy atom. The predicted octanol–water partition coefficient (Wildman–Crippen LogP) is 3.96. The first-order valence-corrected chi connectivity index (χ1v) is 8.25. The van der Waals surface area contributed by atoms with Gasteiger partial charge in [0.15, 0.2) is 0 Å². The molecule has 0 saturated carbocycles. The standard InChI is InChI=1S/C17H25N3S/c1-11-7-13(8-12(2)19-11)14(18-6)9-16-20-15(10-21-16)17(3,4)5/h7-8,10,14,18H,9H2,1-6H3. The lowest BCUT2D eigenvalue weighted by atomic mass is 9.93. The van der Waals surface area contributed by atoms with Gasteiger partial charge in [-0.3, -0.25) is 4.98 Å². The van der Waals surface area contributed by atoms with Gasteiger partial charge in [-0.05, 0) is 38.6 Å². The van der Waals surface area contributed by atoms with Crippen molar-refractivity contribution in [2.24, 2.45) is 0 Å². The zero-order valence-corrected chi connectivity index (χ0v) is 14.6. The first-order valence-electron chi connectivity index (χ1n) is 7.37. The van der Waals surface area contributed by atoms with Crippen molar-refractivity contribution >= 4 is 11.3 Å². The summed E-state index contributed by atoms with van der Waals surface area (Å²) in [7, 11) is 2.01. The number of aromatic nitrogens is 2. The monoisotopic (exact) mass is 303 g/mol. The zero-order chi connectivity index (χ0) is 15.6. The van der Waals surface area contributed by atoms with Crippen LogP contribution in [0.4, 0.5) is 0 Å². The molecule has 2 aromatic rings. The van der Waals surface area contributed by atoms with E-state index in [0.717, 1.165) is 17.8 Å². The Hall–Kier alpha value is -1.26. The molecule has 0 fully saturated rings. The third kappa shape index (κ3) is 4.11. The van der Waals surface area contributed by atoms with Crippen molar-refractivity contribution in [3.63, 3.8) is 0 Å². The number of pyridine rings is 1. The van der Waals surface area contributed by atoms with Crippen LogP contribution in [0, 0.1) is 13.8 Å². The van der Waals surface area contributed by atoms with Crippen LogP contribution < -0.4 is 5.32 Å². The van der Waals surface area contributed by atoms with Gasteiger partial charge < -0.3 is 5.32 Å². The van der Waals surface area contributed by atoms with Crippen molar-refractivity contribution in [2.75, 3.05) is 7.05 Å². The first kappa shape index (κ1) is 16.1. The summed E-state index contributed by atoms with van der Waals surface area (Å²) in [5.41, 5.74) is 4.72.